The Hall–Kier alpha value is -2.71. The maximum Gasteiger partial charge on any atom is 0.416 e. The van der Waals surface area contributed by atoms with Crippen molar-refractivity contribution in [2.75, 3.05) is 52.5 Å². The summed E-state index contributed by atoms with van der Waals surface area (Å²) >= 11 is 2.17. The van der Waals surface area contributed by atoms with E-state index in [1.54, 1.807) is 4.90 Å². The van der Waals surface area contributed by atoms with Crippen LogP contribution in [-0.4, -0.2) is 83.9 Å². The number of carbonyl (C=O) groups is 2. The van der Waals surface area contributed by atoms with Gasteiger partial charge in [-0.2, -0.15) is 18.3 Å². The smallest absolute Gasteiger partial charge is 0.379 e. The number of hydrogen-bond acceptors (Lipinski definition) is 5. The molecule has 3 aromatic rings. The summed E-state index contributed by atoms with van der Waals surface area (Å²) in [7, 11) is 0. The normalized spacial score (nSPS) is 17.4. The molecule has 2 aliphatic rings. The van der Waals surface area contributed by atoms with E-state index in [1.807, 2.05) is 23.0 Å². The number of benzene rings is 2. The van der Waals surface area contributed by atoms with Crippen molar-refractivity contribution in [2.24, 2.45) is 5.92 Å². The SMILES string of the molecule is O=C(NCCN1CCOCC1)c1cc2cn(CC3CCN(C(=O)c4cccc(C(F)(F)F)c4)CC3)nc2cc1I. The van der Waals surface area contributed by atoms with Crippen molar-refractivity contribution in [3.05, 3.63) is 62.9 Å². The molecule has 0 saturated carbocycles. The van der Waals surface area contributed by atoms with Gasteiger partial charge in [-0.1, -0.05) is 6.07 Å². The van der Waals surface area contributed by atoms with Crippen LogP contribution in [0.25, 0.3) is 10.9 Å². The Morgan fingerprint density at radius 3 is 2.55 bits per heavy atom. The zero-order valence-corrected chi connectivity index (χ0v) is 24.1. The molecule has 5 rings (SSSR count). The van der Waals surface area contributed by atoms with Gasteiger partial charge in [0.05, 0.1) is 29.9 Å². The molecule has 0 atom stereocenters. The second-order valence-corrected chi connectivity index (χ2v) is 11.4. The molecule has 0 radical (unpaired) electrons. The Morgan fingerprint density at radius 1 is 1.07 bits per heavy atom. The van der Waals surface area contributed by atoms with Crippen molar-refractivity contribution in [3.63, 3.8) is 0 Å². The topological polar surface area (TPSA) is 79.7 Å². The predicted molar refractivity (Wildman–Crippen MR) is 152 cm³/mol. The number of rotatable bonds is 7. The summed E-state index contributed by atoms with van der Waals surface area (Å²) in [5, 5.41) is 8.60. The fourth-order valence-corrected chi connectivity index (χ4v) is 5.90. The Labute approximate surface area is 244 Å². The molecule has 2 aliphatic heterocycles. The molecule has 3 heterocycles. The van der Waals surface area contributed by atoms with Gasteiger partial charge in [0.25, 0.3) is 11.8 Å². The molecule has 1 N–H and O–H groups in total. The number of piperidine rings is 1. The summed E-state index contributed by atoms with van der Waals surface area (Å²) in [6.45, 7) is 6.19. The van der Waals surface area contributed by atoms with Gasteiger partial charge in [0.2, 0.25) is 0 Å². The number of likely N-dealkylation sites (tertiary alicyclic amines) is 1. The first kappa shape index (κ1) is 28.8. The number of carbonyl (C=O) groups excluding carboxylic acids is 2. The van der Waals surface area contributed by atoms with Crippen molar-refractivity contribution >= 4 is 45.3 Å². The zero-order valence-electron chi connectivity index (χ0n) is 21.9. The minimum atomic E-state index is -4.48. The second-order valence-electron chi connectivity index (χ2n) is 10.3. The van der Waals surface area contributed by atoms with Crippen LogP contribution in [0.1, 0.15) is 39.1 Å². The van der Waals surface area contributed by atoms with Gasteiger partial charge in [0.1, 0.15) is 0 Å². The summed E-state index contributed by atoms with van der Waals surface area (Å²) in [5.74, 6) is -0.202. The van der Waals surface area contributed by atoms with Gasteiger partial charge >= 0.3 is 6.18 Å². The van der Waals surface area contributed by atoms with Crippen molar-refractivity contribution in [3.8, 4) is 0 Å². The third-order valence-electron chi connectivity index (χ3n) is 7.49. The Bertz CT molecular complexity index is 1360. The van der Waals surface area contributed by atoms with Crippen LogP contribution in [0, 0.1) is 9.49 Å². The number of fused-ring (bicyclic) bond motifs is 1. The van der Waals surface area contributed by atoms with Crippen LogP contribution in [0.4, 0.5) is 13.2 Å². The Morgan fingerprint density at radius 2 is 1.82 bits per heavy atom. The number of hydrogen-bond donors (Lipinski definition) is 1. The minimum Gasteiger partial charge on any atom is -0.379 e. The van der Waals surface area contributed by atoms with Crippen molar-refractivity contribution < 1.29 is 27.5 Å². The molecule has 214 valence electrons. The first-order valence-corrected chi connectivity index (χ1v) is 14.5. The number of ether oxygens (including phenoxy) is 1. The van der Waals surface area contributed by atoms with E-state index in [2.05, 4.69) is 32.8 Å². The van der Waals surface area contributed by atoms with E-state index in [9.17, 15) is 22.8 Å². The molecule has 8 nitrogen and oxygen atoms in total. The summed E-state index contributed by atoms with van der Waals surface area (Å²) in [4.78, 5) is 29.6. The number of halogens is 4. The maximum absolute atomic E-state index is 13.0. The number of nitrogens with zero attached hydrogens (tertiary/aromatic N) is 4. The number of alkyl halides is 3. The summed E-state index contributed by atoms with van der Waals surface area (Å²) < 4.78 is 47.2. The van der Waals surface area contributed by atoms with Gasteiger partial charge < -0.3 is 15.0 Å². The van der Waals surface area contributed by atoms with Crippen LogP contribution in [0.3, 0.4) is 0 Å². The molecule has 0 unspecified atom stereocenters. The van der Waals surface area contributed by atoms with E-state index in [4.69, 9.17) is 9.84 Å². The number of aromatic nitrogens is 2. The van der Waals surface area contributed by atoms with Gasteiger partial charge in [-0.15, -0.1) is 0 Å². The first-order chi connectivity index (χ1) is 19.2. The largest absolute Gasteiger partial charge is 0.416 e. The van der Waals surface area contributed by atoms with E-state index in [1.165, 1.54) is 12.1 Å². The van der Waals surface area contributed by atoms with E-state index >= 15 is 0 Å². The van der Waals surface area contributed by atoms with Gasteiger partial charge in [-0.3, -0.25) is 19.2 Å². The summed E-state index contributed by atoms with van der Waals surface area (Å²) in [6, 6.07) is 8.39. The van der Waals surface area contributed by atoms with Crippen LogP contribution in [-0.2, 0) is 17.5 Å². The minimum absolute atomic E-state index is 0.0575. The lowest BCUT2D eigenvalue weighted by atomic mass is 9.96. The van der Waals surface area contributed by atoms with Crippen LogP contribution in [0.2, 0.25) is 0 Å². The average molecular weight is 669 g/mol. The molecule has 0 bridgehead atoms. The highest BCUT2D eigenvalue weighted by Crippen LogP contribution is 2.30. The fraction of sp³-hybridized carbons (Fsp3) is 0.464. The molecule has 0 spiro atoms. The van der Waals surface area contributed by atoms with E-state index in [-0.39, 0.29) is 23.3 Å². The highest BCUT2D eigenvalue weighted by atomic mass is 127. The fourth-order valence-electron chi connectivity index (χ4n) is 5.21. The monoisotopic (exact) mass is 669 g/mol. The zero-order chi connectivity index (χ0) is 28.3. The molecule has 40 heavy (non-hydrogen) atoms. The van der Waals surface area contributed by atoms with Gasteiger partial charge in [0, 0.05) is 66.5 Å². The number of amides is 2. The molecule has 2 aromatic carbocycles. The summed E-state index contributed by atoms with van der Waals surface area (Å²) in [6.07, 6.45) is -1.08. The molecule has 12 heteroatoms. The Kier molecular flexibility index (Phi) is 8.95. The first-order valence-electron chi connectivity index (χ1n) is 13.4. The third-order valence-corrected chi connectivity index (χ3v) is 8.38. The van der Waals surface area contributed by atoms with Crippen molar-refractivity contribution in [2.45, 2.75) is 25.6 Å². The third kappa shape index (κ3) is 6.95. The highest BCUT2D eigenvalue weighted by Gasteiger charge is 2.32. The standard InChI is InChI=1S/C28H31F3IN5O3/c29-28(30,31)22-3-1-2-20(14-22)27(39)36-7-4-19(5-8-36)17-37-18-21-15-23(24(32)16-25(21)34-37)26(38)33-6-9-35-10-12-40-13-11-35/h1-3,14-16,18-19H,4-13,17H2,(H,33,38). The quantitative estimate of drug-likeness (QED) is 0.381. The molecule has 0 aliphatic carbocycles. The molecule has 1 aromatic heterocycles. The van der Waals surface area contributed by atoms with Crippen LogP contribution < -0.4 is 5.32 Å². The second kappa shape index (κ2) is 12.4. The van der Waals surface area contributed by atoms with Crippen LogP contribution in [0.5, 0.6) is 0 Å². The molecular formula is C28H31F3IN5O3. The maximum atomic E-state index is 13.0. The molecule has 2 amide bonds. The average Bonchev–Trinajstić information content (AvgIpc) is 3.33. The van der Waals surface area contributed by atoms with E-state index < -0.39 is 11.7 Å². The van der Waals surface area contributed by atoms with Crippen LogP contribution >= 0.6 is 22.6 Å². The highest BCUT2D eigenvalue weighted by molar-refractivity contribution is 14.1. The van der Waals surface area contributed by atoms with E-state index in [0.717, 1.165) is 72.3 Å². The van der Waals surface area contributed by atoms with Gasteiger partial charge in [0.15, 0.2) is 0 Å². The lowest BCUT2D eigenvalue weighted by molar-refractivity contribution is -0.137. The molecule has 2 fully saturated rings. The Balaban J connectivity index is 1.15. The molecular weight excluding hydrogens is 638 g/mol. The predicted octanol–water partition coefficient (Wildman–Crippen LogP) is 4.27. The summed E-state index contributed by atoms with van der Waals surface area (Å²) in [5.41, 5.74) is 0.673. The van der Waals surface area contributed by atoms with Gasteiger partial charge in [-0.05, 0) is 71.7 Å². The number of morpholine rings is 1. The lowest BCUT2D eigenvalue weighted by Crippen LogP contribution is -2.41. The van der Waals surface area contributed by atoms with Crippen molar-refractivity contribution in [1.29, 1.82) is 0 Å². The lowest BCUT2D eigenvalue weighted by Gasteiger charge is -2.32. The van der Waals surface area contributed by atoms with Crippen LogP contribution in [0.15, 0.2) is 42.6 Å². The van der Waals surface area contributed by atoms with Crippen molar-refractivity contribution in [1.82, 2.24) is 24.9 Å². The molecule has 2 saturated heterocycles. The van der Waals surface area contributed by atoms with Gasteiger partial charge in [-0.25, -0.2) is 0 Å². The number of nitrogens with one attached hydrogen (secondary N) is 1. The van der Waals surface area contributed by atoms with E-state index in [0.29, 0.717) is 31.7 Å².